The highest BCUT2D eigenvalue weighted by atomic mass is 16.5. The van der Waals surface area contributed by atoms with Crippen molar-refractivity contribution in [3.63, 3.8) is 0 Å². The van der Waals surface area contributed by atoms with Gasteiger partial charge in [0.25, 0.3) is 0 Å². The van der Waals surface area contributed by atoms with Gasteiger partial charge in [0.1, 0.15) is 6.61 Å². The minimum Gasteiger partial charge on any atom is -0.432 e. The average molecular weight is 171 g/mol. The molecule has 0 spiro atoms. The third-order valence-electron chi connectivity index (χ3n) is 1.37. The highest BCUT2D eigenvalue weighted by molar-refractivity contribution is 6.49. The SMILES string of the molecule is C=CCN(B(C)O)C(=O)COC. The van der Waals surface area contributed by atoms with E-state index in [1.54, 1.807) is 6.08 Å². The summed E-state index contributed by atoms with van der Waals surface area (Å²) in [4.78, 5) is 12.4. The van der Waals surface area contributed by atoms with E-state index in [-0.39, 0.29) is 12.5 Å². The molecule has 0 aromatic rings. The monoisotopic (exact) mass is 171 g/mol. The van der Waals surface area contributed by atoms with Crippen molar-refractivity contribution in [3.05, 3.63) is 12.7 Å². The van der Waals surface area contributed by atoms with Gasteiger partial charge in [-0.2, -0.15) is 0 Å². The largest absolute Gasteiger partial charge is 0.432 e. The molecule has 4 nitrogen and oxygen atoms in total. The molecule has 1 N–H and O–H groups in total. The Balaban J connectivity index is 4.08. The summed E-state index contributed by atoms with van der Waals surface area (Å²) in [7, 11) is 0.636. The zero-order chi connectivity index (χ0) is 9.56. The molecule has 0 aromatic heterocycles. The summed E-state index contributed by atoms with van der Waals surface area (Å²) >= 11 is 0. The number of carbonyl (C=O) groups excluding carboxylic acids is 1. The van der Waals surface area contributed by atoms with E-state index in [4.69, 9.17) is 5.02 Å². The molecule has 12 heavy (non-hydrogen) atoms. The molecule has 1 amide bonds. The fourth-order valence-electron chi connectivity index (χ4n) is 0.808. The highest BCUT2D eigenvalue weighted by Gasteiger charge is 2.20. The second-order valence-electron chi connectivity index (χ2n) is 2.40. The van der Waals surface area contributed by atoms with E-state index in [1.807, 2.05) is 0 Å². The zero-order valence-electron chi connectivity index (χ0n) is 7.49. The molecular formula is C7H14BNO3. The Morgan fingerprint density at radius 1 is 1.83 bits per heavy atom. The van der Waals surface area contributed by atoms with Crippen LogP contribution in [0.25, 0.3) is 0 Å². The lowest BCUT2D eigenvalue weighted by Gasteiger charge is -2.21. The van der Waals surface area contributed by atoms with Gasteiger partial charge in [0.05, 0.1) is 0 Å². The molecule has 0 bridgehead atoms. The maximum atomic E-state index is 11.2. The third-order valence-corrected chi connectivity index (χ3v) is 1.37. The Labute approximate surface area is 72.9 Å². The van der Waals surface area contributed by atoms with Crippen LogP contribution >= 0.6 is 0 Å². The van der Waals surface area contributed by atoms with E-state index in [2.05, 4.69) is 11.3 Å². The van der Waals surface area contributed by atoms with Crippen LogP contribution in [0.5, 0.6) is 0 Å². The van der Waals surface area contributed by atoms with Crippen LogP contribution in [-0.2, 0) is 9.53 Å². The lowest BCUT2D eigenvalue weighted by molar-refractivity contribution is -0.130. The van der Waals surface area contributed by atoms with E-state index in [0.717, 1.165) is 0 Å². The maximum Gasteiger partial charge on any atom is 0.412 e. The predicted octanol–water partition coefficient (Wildman–Crippen LogP) is -0.242. The number of nitrogens with zero attached hydrogens (tertiary/aromatic N) is 1. The number of rotatable bonds is 5. The number of methoxy groups -OCH3 is 1. The van der Waals surface area contributed by atoms with E-state index < -0.39 is 7.05 Å². The number of amides is 1. The molecule has 0 saturated heterocycles. The first kappa shape index (κ1) is 11.2. The molecule has 0 aromatic carbocycles. The second-order valence-corrected chi connectivity index (χ2v) is 2.40. The summed E-state index contributed by atoms with van der Waals surface area (Å²) in [6, 6.07) is 0. The summed E-state index contributed by atoms with van der Waals surface area (Å²) in [5, 5.41) is 9.14. The molecule has 0 atom stereocenters. The molecule has 0 radical (unpaired) electrons. The third kappa shape index (κ3) is 3.55. The minimum atomic E-state index is -0.800. The first-order chi connectivity index (χ1) is 5.63. The van der Waals surface area contributed by atoms with Crippen LogP contribution in [0.2, 0.25) is 6.82 Å². The first-order valence-corrected chi connectivity index (χ1v) is 3.70. The summed E-state index contributed by atoms with van der Waals surface area (Å²) < 4.78 is 4.64. The molecular weight excluding hydrogens is 157 g/mol. The summed E-state index contributed by atoms with van der Waals surface area (Å²) in [6.45, 7) is 5.32. The number of carbonyl (C=O) groups is 1. The summed E-state index contributed by atoms with van der Waals surface area (Å²) in [6.07, 6.45) is 1.56. The number of ether oxygens (including phenoxy) is 1. The molecule has 0 saturated carbocycles. The molecule has 68 valence electrons. The van der Waals surface area contributed by atoms with Gasteiger partial charge in [0.15, 0.2) is 0 Å². The van der Waals surface area contributed by atoms with E-state index in [0.29, 0.717) is 6.54 Å². The van der Waals surface area contributed by atoms with Gasteiger partial charge in [-0.05, 0) is 6.82 Å². The van der Waals surface area contributed by atoms with Crippen LogP contribution in [0.1, 0.15) is 0 Å². The quantitative estimate of drug-likeness (QED) is 0.458. The number of hydrogen-bond donors (Lipinski definition) is 1. The Kier molecular flexibility index (Phi) is 5.41. The highest BCUT2D eigenvalue weighted by Crippen LogP contribution is 1.93. The molecule has 0 unspecified atom stereocenters. The van der Waals surface area contributed by atoms with Gasteiger partial charge in [-0.3, -0.25) is 4.79 Å². The van der Waals surface area contributed by atoms with Crippen molar-refractivity contribution in [3.8, 4) is 0 Å². The van der Waals surface area contributed by atoms with Crippen LogP contribution in [0.4, 0.5) is 0 Å². The van der Waals surface area contributed by atoms with Crippen LogP contribution in [0.15, 0.2) is 12.7 Å². The Bertz CT molecular complexity index is 161. The smallest absolute Gasteiger partial charge is 0.412 e. The molecule has 0 fully saturated rings. The van der Waals surface area contributed by atoms with E-state index in [1.165, 1.54) is 18.7 Å². The van der Waals surface area contributed by atoms with Gasteiger partial charge in [-0.25, -0.2) is 0 Å². The standard InChI is InChI=1S/C7H14BNO3/c1-4-5-9(8(2)11)7(10)6-12-3/h4,11H,1,5-6H2,2-3H3. The van der Waals surface area contributed by atoms with Gasteiger partial charge in [0.2, 0.25) is 5.91 Å². The lowest BCUT2D eigenvalue weighted by atomic mass is 9.85. The Morgan fingerprint density at radius 2 is 2.42 bits per heavy atom. The van der Waals surface area contributed by atoms with Gasteiger partial charge >= 0.3 is 7.05 Å². The Hall–Kier alpha value is -0.805. The zero-order valence-corrected chi connectivity index (χ0v) is 7.49. The average Bonchev–Trinajstić information content (AvgIpc) is 1.99. The van der Waals surface area contributed by atoms with Crippen LogP contribution in [0.3, 0.4) is 0 Å². The molecule has 0 aliphatic carbocycles. The fourth-order valence-corrected chi connectivity index (χ4v) is 0.808. The van der Waals surface area contributed by atoms with Crippen molar-refractivity contribution in [2.75, 3.05) is 20.3 Å². The van der Waals surface area contributed by atoms with Crippen molar-refractivity contribution in [2.45, 2.75) is 6.82 Å². The molecule has 0 heterocycles. The molecule has 0 rings (SSSR count). The minimum absolute atomic E-state index is 0.0151. The lowest BCUT2D eigenvalue weighted by Crippen LogP contribution is -2.43. The second kappa shape index (κ2) is 5.80. The van der Waals surface area contributed by atoms with Crippen molar-refractivity contribution in [1.29, 1.82) is 0 Å². The van der Waals surface area contributed by atoms with E-state index in [9.17, 15) is 4.79 Å². The Morgan fingerprint density at radius 3 is 2.75 bits per heavy atom. The first-order valence-electron chi connectivity index (χ1n) is 3.70. The number of hydrogen-bond acceptors (Lipinski definition) is 3. The summed E-state index contributed by atoms with van der Waals surface area (Å²) in [5.41, 5.74) is 0. The van der Waals surface area contributed by atoms with Crippen molar-refractivity contribution >= 4 is 13.0 Å². The molecule has 0 aliphatic heterocycles. The molecule has 5 heteroatoms. The predicted molar refractivity (Wildman–Crippen MR) is 47.6 cm³/mol. The summed E-state index contributed by atoms with van der Waals surface area (Å²) in [5.74, 6) is -0.243. The maximum absolute atomic E-state index is 11.2. The van der Waals surface area contributed by atoms with Gasteiger partial charge in [-0.1, -0.05) is 6.08 Å². The topological polar surface area (TPSA) is 49.8 Å². The van der Waals surface area contributed by atoms with Crippen molar-refractivity contribution in [2.24, 2.45) is 0 Å². The molecule has 0 aliphatic rings. The van der Waals surface area contributed by atoms with Crippen LogP contribution in [0, 0.1) is 0 Å². The van der Waals surface area contributed by atoms with E-state index >= 15 is 0 Å². The van der Waals surface area contributed by atoms with Gasteiger partial charge in [0, 0.05) is 13.7 Å². The fraction of sp³-hybridized carbons (Fsp3) is 0.571. The van der Waals surface area contributed by atoms with Crippen LogP contribution < -0.4 is 0 Å². The van der Waals surface area contributed by atoms with Crippen molar-refractivity contribution < 1.29 is 14.6 Å². The van der Waals surface area contributed by atoms with Crippen molar-refractivity contribution in [1.82, 2.24) is 4.81 Å². The normalized spacial score (nSPS) is 9.25. The van der Waals surface area contributed by atoms with Gasteiger partial charge in [-0.15, -0.1) is 6.58 Å². The van der Waals surface area contributed by atoms with Crippen LogP contribution in [-0.4, -0.2) is 43.1 Å². The van der Waals surface area contributed by atoms with Gasteiger partial charge < -0.3 is 14.6 Å².